The summed E-state index contributed by atoms with van der Waals surface area (Å²) in [5.41, 5.74) is 0. The minimum atomic E-state index is 0.631. The fourth-order valence-corrected chi connectivity index (χ4v) is 2.54. The lowest BCUT2D eigenvalue weighted by Crippen LogP contribution is -2.60. The standard InChI is InChI=1S/C14H30N2O/c1-6-17-8-7-16-10-13(11(2)3)15-9-14(16)12(4)5/h11-15H,6-10H2,1-5H3. The van der Waals surface area contributed by atoms with Crippen molar-refractivity contribution >= 4 is 0 Å². The number of nitrogens with zero attached hydrogens (tertiary/aromatic N) is 1. The quantitative estimate of drug-likeness (QED) is 0.721. The van der Waals surface area contributed by atoms with E-state index in [4.69, 9.17) is 4.74 Å². The van der Waals surface area contributed by atoms with E-state index in [0.29, 0.717) is 23.9 Å². The molecule has 102 valence electrons. The molecule has 0 aromatic rings. The van der Waals surface area contributed by atoms with Crippen LogP contribution in [0.1, 0.15) is 34.6 Å². The summed E-state index contributed by atoms with van der Waals surface area (Å²) >= 11 is 0. The first-order chi connectivity index (χ1) is 8.06. The summed E-state index contributed by atoms with van der Waals surface area (Å²) in [6.07, 6.45) is 0. The van der Waals surface area contributed by atoms with E-state index in [1.165, 1.54) is 0 Å². The van der Waals surface area contributed by atoms with Crippen molar-refractivity contribution in [3.05, 3.63) is 0 Å². The molecule has 1 fully saturated rings. The van der Waals surface area contributed by atoms with Gasteiger partial charge in [-0.1, -0.05) is 27.7 Å². The third-order valence-corrected chi connectivity index (χ3v) is 3.79. The van der Waals surface area contributed by atoms with Crippen LogP contribution in [-0.4, -0.2) is 49.8 Å². The minimum Gasteiger partial charge on any atom is -0.380 e. The largest absolute Gasteiger partial charge is 0.380 e. The molecule has 3 heteroatoms. The molecule has 1 heterocycles. The molecule has 1 N–H and O–H groups in total. The second kappa shape index (κ2) is 7.34. The molecule has 0 amide bonds. The molecule has 0 radical (unpaired) electrons. The van der Waals surface area contributed by atoms with Crippen molar-refractivity contribution in [3.63, 3.8) is 0 Å². The van der Waals surface area contributed by atoms with Crippen molar-refractivity contribution in [3.8, 4) is 0 Å². The number of piperazine rings is 1. The maximum Gasteiger partial charge on any atom is 0.0593 e. The van der Waals surface area contributed by atoms with Gasteiger partial charge >= 0.3 is 0 Å². The molecule has 2 unspecified atom stereocenters. The van der Waals surface area contributed by atoms with Crippen LogP contribution in [0.3, 0.4) is 0 Å². The van der Waals surface area contributed by atoms with Crippen LogP contribution in [0.4, 0.5) is 0 Å². The molecule has 17 heavy (non-hydrogen) atoms. The Morgan fingerprint density at radius 3 is 2.47 bits per heavy atom. The Morgan fingerprint density at radius 2 is 1.94 bits per heavy atom. The Morgan fingerprint density at radius 1 is 1.24 bits per heavy atom. The van der Waals surface area contributed by atoms with Gasteiger partial charge in [0.15, 0.2) is 0 Å². The first-order valence-electron chi connectivity index (χ1n) is 7.11. The second-order valence-corrected chi connectivity index (χ2v) is 5.76. The molecule has 3 nitrogen and oxygen atoms in total. The van der Waals surface area contributed by atoms with Crippen LogP contribution < -0.4 is 5.32 Å². The smallest absolute Gasteiger partial charge is 0.0593 e. The average Bonchev–Trinajstić information content (AvgIpc) is 2.28. The Bertz CT molecular complexity index is 206. The van der Waals surface area contributed by atoms with Crippen molar-refractivity contribution < 1.29 is 4.74 Å². The van der Waals surface area contributed by atoms with Crippen molar-refractivity contribution in [1.82, 2.24) is 10.2 Å². The highest BCUT2D eigenvalue weighted by Crippen LogP contribution is 2.17. The molecule has 2 atom stereocenters. The summed E-state index contributed by atoms with van der Waals surface area (Å²) in [7, 11) is 0. The van der Waals surface area contributed by atoms with Gasteiger partial charge in [0.05, 0.1) is 6.61 Å². The van der Waals surface area contributed by atoms with Gasteiger partial charge in [-0.3, -0.25) is 4.90 Å². The summed E-state index contributed by atoms with van der Waals surface area (Å²) in [4.78, 5) is 2.61. The molecular formula is C14H30N2O. The van der Waals surface area contributed by atoms with E-state index in [1.54, 1.807) is 0 Å². The van der Waals surface area contributed by atoms with Crippen LogP contribution >= 0.6 is 0 Å². The number of rotatable bonds is 6. The van der Waals surface area contributed by atoms with E-state index in [1.807, 2.05) is 0 Å². The number of hydrogen-bond donors (Lipinski definition) is 1. The predicted molar refractivity (Wildman–Crippen MR) is 73.3 cm³/mol. The zero-order valence-electron chi connectivity index (χ0n) is 12.2. The zero-order valence-corrected chi connectivity index (χ0v) is 12.2. The maximum atomic E-state index is 5.50. The summed E-state index contributed by atoms with van der Waals surface area (Å²) in [6.45, 7) is 16.3. The Hall–Kier alpha value is -0.120. The van der Waals surface area contributed by atoms with Crippen LogP contribution in [0.2, 0.25) is 0 Å². The average molecular weight is 242 g/mol. The van der Waals surface area contributed by atoms with Gasteiger partial charge in [0.1, 0.15) is 0 Å². The lowest BCUT2D eigenvalue weighted by molar-refractivity contribution is 0.0469. The summed E-state index contributed by atoms with van der Waals surface area (Å²) in [5, 5.41) is 3.69. The molecular weight excluding hydrogens is 212 g/mol. The van der Waals surface area contributed by atoms with E-state index >= 15 is 0 Å². The van der Waals surface area contributed by atoms with Crippen molar-refractivity contribution in [2.45, 2.75) is 46.7 Å². The van der Waals surface area contributed by atoms with Gasteiger partial charge in [0, 0.05) is 38.3 Å². The number of hydrogen-bond acceptors (Lipinski definition) is 3. The Balaban J connectivity index is 2.50. The van der Waals surface area contributed by atoms with Crippen molar-refractivity contribution in [2.24, 2.45) is 11.8 Å². The van der Waals surface area contributed by atoms with Gasteiger partial charge in [-0.2, -0.15) is 0 Å². The predicted octanol–water partition coefficient (Wildman–Crippen LogP) is 1.98. The lowest BCUT2D eigenvalue weighted by atomic mass is 9.94. The van der Waals surface area contributed by atoms with E-state index < -0.39 is 0 Å². The van der Waals surface area contributed by atoms with Gasteiger partial charge in [-0.05, 0) is 18.8 Å². The Kier molecular flexibility index (Phi) is 6.45. The molecule has 0 saturated carbocycles. The highest BCUT2D eigenvalue weighted by atomic mass is 16.5. The first-order valence-corrected chi connectivity index (χ1v) is 7.11. The molecule has 0 aliphatic carbocycles. The van der Waals surface area contributed by atoms with Gasteiger partial charge in [-0.25, -0.2) is 0 Å². The minimum absolute atomic E-state index is 0.631. The fourth-order valence-electron chi connectivity index (χ4n) is 2.54. The molecule has 1 aliphatic heterocycles. The van der Waals surface area contributed by atoms with Crippen LogP contribution in [0.15, 0.2) is 0 Å². The van der Waals surface area contributed by atoms with E-state index in [0.717, 1.165) is 32.8 Å². The van der Waals surface area contributed by atoms with E-state index in [-0.39, 0.29) is 0 Å². The van der Waals surface area contributed by atoms with Crippen LogP contribution in [0.5, 0.6) is 0 Å². The van der Waals surface area contributed by atoms with Gasteiger partial charge < -0.3 is 10.1 Å². The van der Waals surface area contributed by atoms with Crippen molar-refractivity contribution in [1.29, 1.82) is 0 Å². The molecule has 1 aliphatic rings. The molecule has 1 rings (SSSR count). The fraction of sp³-hybridized carbons (Fsp3) is 1.00. The second-order valence-electron chi connectivity index (χ2n) is 5.76. The van der Waals surface area contributed by atoms with Gasteiger partial charge in [0.25, 0.3) is 0 Å². The monoisotopic (exact) mass is 242 g/mol. The number of ether oxygens (including phenoxy) is 1. The molecule has 0 aromatic heterocycles. The summed E-state index contributed by atoms with van der Waals surface area (Å²) in [6, 6.07) is 1.29. The summed E-state index contributed by atoms with van der Waals surface area (Å²) < 4.78 is 5.50. The molecule has 0 bridgehead atoms. The van der Waals surface area contributed by atoms with E-state index in [2.05, 4.69) is 44.8 Å². The summed E-state index contributed by atoms with van der Waals surface area (Å²) in [5.74, 6) is 1.41. The van der Waals surface area contributed by atoms with E-state index in [9.17, 15) is 0 Å². The lowest BCUT2D eigenvalue weighted by Gasteiger charge is -2.43. The van der Waals surface area contributed by atoms with Gasteiger partial charge in [0.2, 0.25) is 0 Å². The molecule has 1 saturated heterocycles. The molecule has 0 spiro atoms. The van der Waals surface area contributed by atoms with Crippen molar-refractivity contribution in [2.75, 3.05) is 32.8 Å². The topological polar surface area (TPSA) is 24.5 Å². The Labute approximate surface area is 107 Å². The zero-order chi connectivity index (χ0) is 12.8. The van der Waals surface area contributed by atoms with Crippen LogP contribution in [-0.2, 0) is 4.74 Å². The highest BCUT2D eigenvalue weighted by Gasteiger charge is 2.30. The SMILES string of the molecule is CCOCCN1CC(C(C)C)NCC1C(C)C. The maximum absolute atomic E-state index is 5.50. The third-order valence-electron chi connectivity index (χ3n) is 3.79. The third kappa shape index (κ3) is 4.57. The van der Waals surface area contributed by atoms with Crippen LogP contribution in [0.25, 0.3) is 0 Å². The normalized spacial score (nSPS) is 27.0. The first kappa shape index (κ1) is 14.9. The molecule has 0 aromatic carbocycles. The highest BCUT2D eigenvalue weighted by molar-refractivity contribution is 4.88. The van der Waals surface area contributed by atoms with Gasteiger partial charge in [-0.15, -0.1) is 0 Å². The number of nitrogens with one attached hydrogen (secondary N) is 1. The van der Waals surface area contributed by atoms with Crippen LogP contribution in [0, 0.1) is 11.8 Å².